The number of nitrogens with zero attached hydrogens (tertiary/aromatic N) is 4. The van der Waals surface area contributed by atoms with Crippen LogP contribution in [0.25, 0.3) is 33.6 Å². The number of nitriles is 2. The maximum absolute atomic E-state index is 14.0. The molecule has 0 saturated heterocycles. The Morgan fingerprint density at radius 3 is 1.19 bits per heavy atom. The number of halogens is 4. The van der Waals surface area contributed by atoms with Crippen LogP contribution in [0.5, 0.6) is 0 Å². The van der Waals surface area contributed by atoms with Gasteiger partial charge in [0.05, 0.1) is 11.4 Å². The highest BCUT2D eigenvalue weighted by Gasteiger charge is 2.15. The van der Waals surface area contributed by atoms with Crippen LogP contribution in [0.1, 0.15) is 11.1 Å². The van der Waals surface area contributed by atoms with Crippen molar-refractivity contribution in [1.29, 1.82) is 10.5 Å². The molecule has 2 heterocycles. The molecule has 4 rings (SSSR count). The molecular formula is C24H10F4N4. The SMILES string of the molecule is N#Cc1c(F)cc(-c2cc(-c3ccnc(-c4cc(F)c(C#N)c(F)c4)c3)ccn2)cc1F. The molecule has 0 N–H and O–H groups in total. The molecular weight excluding hydrogens is 420 g/mol. The van der Waals surface area contributed by atoms with E-state index in [1.165, 1.54) is 24.5 Å². The maximum atomic E-state index is 14.0. The topological polar surface area (TPSA) is 73.4 Å². The van der Waals surface area contributed by atoms with Gasteiger partial charge in [0.25, 0.3) is 0 Å². The van der Waals surface area contributed by atoms with E-state index in [1.807, 2.05) is 0 Å². The van der Waals surface area contributed by atoms with E-state index in [0.29, 0.717) is 11.1 Å². The second-order valence-electron chi connectivity index (χ2n) is 6.71. The van der Waals surface area contributed by atoms with Crippen molar-refractivity contribution in [2.45, 2.75) is 0 Å². The standard InChI is InChI=1S/C24H10F4N4/c25-19-5-15(6-20(26)17(19)11-29)23-9-13(1-3-31-23)14-2-4-32-24(10-14)16-7-21(27)18(12-30)22(28)8-16/h1-10H. The summed E-state index contributed by atoms with van der Waals surface area (Å²) in [6.07, 6.45) is 2.89. The minimum Gasteiger partial charge on any atom is -0.256 e. The lowest BCUT2D eigenvalue weighted by molar-refractivity contribution is 0.577. The van der Waals surface area contributed by atoms with E-state index in [4.69, 9.17) is 10.5 Å². The molecule has 0 aliphatic heterocycles. The summed E-state index contributed by atoms with van der Waals surface area (Å²) in [5.74, 6) is -3.98. The van der Waals surface area contributed by atoms with Gasteiger partial charge in [-0.1, -0.05) is 0 Å². The van der Waals surface area contributed by atoms with E-state index in [2.05, 4.69) is 9.97 Å². The Morgan fingerprint density at radius 1 is 0.531 bits per heavy atom. The smallest absolute Gasteiger partial charge is 0.144 e. The summed E-state index contributed by atoms with van der Waals surface area (Å²) in [6, 6.07) is 13.5. The zero-order valence-corrected chi connectivity index (χ0v) is 16.1. The summed E-state index contributed by atoms with van der Waals surface area (Å²) in [4.78, 5) is 8.27. The fourth-order valence-electron chi connectivity index (χ4n) is 3.19. The molecule has 4 nitrogen and oxygen atoms in total. The lowest BCUT2D eigenvalue weighted by Crippen LogP contribution is -1.94. The lowest BCUT2D eigenvalue weighted by atomic mass is 10.0. The van der Waals surface area contributed by atoms with E-state index >= 15 is 0 Å². The molecule has 8 heteroatoms. The van der Waals surface area contributed by atoms with Gasteiger partial charge in [-0.3, -0.25) is 9.97 Å². The minimum absolute atomic E-state index is 0.145. The van der Waals surface area contributed by atoms with Gasteiger partial charge in [0.1, 0.15) is 46.5 Å². The van der Waals surface area contributed by atoms with Crippen LogP contribution in [0.4, 0.5) is 17.6 Å². The highest BCUT2D eigenvalue weighted by molar-refractivity contribution is 5.74. The van der Waals surface area contributed by atoms with Gasteiger partial charge in [-0.2, -0.15) is 10.5 Å². The maximum Gasteiger partial charge on any atom is 0.144 e. The van der Waals surface area contributed by atoms with E-state index < -0.39 is 34.4 Å². The van der Waals surface area contributed by atoms with Crippen LogP contribution < -0.4 is 0 Å². The highest BCUT2D eigenvalue weighted by atomic mass is 19.1. The Bertz CT molecular complexity index is 1290. The second kappa shape index (κ2) is 8.29. The average molecular weight is 430 g/mol. The van der Waals surface area contributed by atoms with E-state index in [9.17, 15) is 17.6 Å². The lowest BCUT2D eigenvalue weighted by Gasteiger charge is -2.09. The van der Waals surface area contributed by atoms with E-state index in [-0.39, 0.29) is 22.5 Å². The highest BCUT2D eigenvalue weighted by Crippen LogP contribution is 2.30. The van der Waals surface area contributed by atoms with Crippen LogP contribution >= 0.6 is 0 Å². The molecule has 0 amide bonds. The molecule has 0 fully saturated rings. The van der Waals surface area contributed by atoms with Crippen molar-refractivity contribution in [3.63, 3.8) is 0 Å². The number of hydrogen-bond donors (Lipinski definition) is 0. The minimum atomic E-state index is -0.995. The Hall–Kier alpha value is -4.56. The number of hydrogen-bond acceptors (Lipinski definition) is 4. The fourth-order valence-corrected chi connectivity index (χ4v) is 3.19. The van der Waals surface area contributed by atoms with Crippen molar-refractivity contribution in [2.24, 2.45) is 0 Å². The second-order valence-corrected chi connectivity index (χ2v) is 6.71. The van der Waals surface area contributed by atoms with Gasteiger partial charge in [0.15, 0.2) is 0 Å². The molecule has 2 aromatic heterocycles. The summed E-state index contributed by atoms with van der Waals surface area (Å²) in [7, 11) is 0. The van der Waals surface area contributed by atoms with Crippen LogP contribution in [0.3, 0.4) is 0 Å². The normalized spacial score (nSPS) is 10.4. The predicted octanol–water partition coefficient (Wildman–Crippen LogP) is 5.78. The summed E-state index contributed by atoms with van der Waals surface area (Å²) in [5, 5.41) is 17.6. The van der Waals surface area contributed by atoms with Crippen molar-refractivity contribution in [3.8, 4) is 45.8 Å². The summed E-state index contributed by atoms with van der Waals surface area (Å²) in [5.41, 5.74) is 0.683. The quantitative estimate of drug-likeness (QED) is 0.387. The van der Waals surface area contributed by atoms with Crippen molar-refractivity contribution in [1.82, 2.24) is 9.97 Å². The molecule has 0 unspecified atom stereocenters. The van der Waals surface area contributed by atoms with Gasteiger partial charge in [-0.05, 0) is 59.7 Å². The Morgan fingerprint density at radius 2 is 0.875 bits per heavy atom. The van der Waals surface area contributed by atoms with Crippen molar-refractivity contribution in [2.75, 3.05) is 0 Å². The zero-order valence-electron chi connectivity index (χ0n) is 16.1. The van der Waals surface area contributed by atoms with Crippen LogP contribution in [0, 0.1) is 45.9 Å². The van der Waals surface area contributed by atoms with Gasteiger partial charge < -0.3 is 0 Å². The first-order valence-electron chi connectivity index (χ1n) is 9.12. The van der Waals surface area contributed by atoms with Crippen LogP contribution in [0.15, 0.2) is 60.9 Å². The molecule has 2 aromatic carbocycles. The molecule has 0 radical (unpaired) electrons. The Labute approximate surface area is 179 Å². The number of benzene rings is 2. The first-order chi connectivity index (χ1) is 15.4. The predicted molar refractivity (Wildman–Crippen MR) is 108 cm³/mol. The molecule has 4 aromatic rings. The number of aromatic nitrogens is 2. The van der Waals surface area contributed by atoms with Gasteiger partial charge in [-0.15, -0.1) is 0 Å². The monoisotopic (exact) mass is 430 g/mol. The van der Waals surface area contributed by atoms with Crippen molar-refractivity contribution in [3.05, 3.63) is 95.3 Å². The van der Waals surface area contributed by atoms with Crippen LogP contribution in [-0.4, -0.2) is 9.97 Å². The first-order valence-corrected chi connectivity index (χ1v) is 9.12. The van der Waals surface area contributed by atoms with Crippen LogP contribution in [-0.2, 0) is 0 Å². The third kappa shape index (κ3) is 3.78. The van der Waals surface area contributed by atoms with Crippen molar-refractivity contribution < 1.29 is 17.6 Å². The molecule has 0 bridgehead atoms. The van der Waals surface area contributed by atoms with Gasteiger partial charge >= 0.3 is 0 Å². The third-order valence-corrected chi connectivity index (χ3v) is 4.75. The first kappa shape index (κ1) is 20.7. The van der Waals surface area contributed by atoms with Crippen molar-refractivity contribution >= 4 is 0 Å². The Balaban J connectivity index is 1.76. The van der Waals surface area contributed by atoms with Gasteiger partial charge in [0, 0.05) is 23.5 Å². The fraction of sp³-hybridized carbons (Fsp3) is 0. The average Bonchev–Trinajstić information content (AvgIpc) is 2.79. The largest absolute Gasteiger partial charge is 0.256 e. The molecule has 0 saturated carbocycles. The molecule has 154 valence electrons. The third-order valence-electron chi connectivity index (χ3n) is 4.75. The molecule has 0 aliphatic rings. The molecule has 0 spiro atoms. The molecule has 0 atom stereocenters. The summed E-state index contributed by atoms with van der Waals surface area (Å²) < 4.78 is 56.0. The van der Waals surface area contributed by atoms with Gasteiger partial charge in [0.2, 0.25) is 0 Å². The molecule has 32 heavy (non-hydrogen) atoms. The van der Waals surface area contributed by atoms with E-state index in [0.717, 1.165) is 24.3 Å². The molecule has 0 aliphatic carbocycles. The van der Waals surface area contributed by atoms with Gasteiger partial charge in [-0.25, -0.2) is 17.6 Å². The summed E-state index contributed by atoms with van der Waals surface area (Å²) in [6.45, 7) is 0. The number of rotatable bonds is 3. The van der Waals surface area contributed by atoms with E-state index in [1.54, 1.807) is 24.3 Å². The Kier molecular flexibility index (Phi) is 5.36. The van der Waals surface area contributed by atoms with Crippen LogP contribution in [0.2, 0.25) is 0 Å². The zero-order chi connectivity index (χ0) is 22.8. The number of pyridine rings is 2. The summed E-state index contributed by atoms with van der Waals surface area (Å²) >= 11 is 0.